The molecule has 1 spiro atoms. The molecule has 2 amide bonds. The predicted octanol–water partition coefficient (Wildman–Crippen LogP) is 6.94. The molecule has 1 atom stereocenters. The van der Waals surface area contributed by atoms with E-state index < -0.39 is 29.0 Å². The highest BCUT2D eigenvalue weighted by Crippen LogP contribution is 2.40. The molecule has 9 heteroatoms. The molecule has 1 saturated heterocycles. The molecule has 2 fully saturated rings. The second-order valence-electron chi connectivity index (χ2n) is 12.7. The van der Waals surface area contributed by atoms with Crippen LogP contribution in [0.1, 0.15) is 69.1 Å². The number of rotatable bonds is 8. The number of benzene rings is 3. The molecule has 1 saturated carbocycles. The Hall–Kier alpha value is -3.85. The van der Waals surface area contributed by atoms with Gasteiger partial charge in [0.1, 0.15) is 23.1 Å². The van der Waals surface area contributed by atoms with E-state index in [-0.39, 0.29) is 30.0 Å². The van der Waals surface area contributed by atoms with Gasteiger partial charge < -0.3 is 20.3 Å². The summed E-state index contributed by atoms with van der Waals surface area (Å²) in [4.78, 5) is 27.9. The Kier molecular flexibility index (Phi) is 8.83. The maximum atomic E-state index is 15.2. The maximum absolute atomic E-state index is 15.2. The summed E-state index contributed by atoms with van der Waals surface area (Å²) in [6, 6.07) is 16.2. The zero-order chi connectivity index (χ0) is 30.8. The summed E-state index contributed by atoms with van der Waals surface area (Å²) in [6.07, 6.45) is 2.47. The van der Waals surface area contributed by atoms with Crippen LogP contribution in [0.4, 0.5) is 23.7 Å². The van der Waals surface area contributed by atoms with Crippen molar-refractivity contribution < 1.29 is 27.5 Å². The average Bonchev–Trinajstić information content (AvgIpc) is 3.69. The second-order valence-corrected chi connectivity index (χ2v) is 12.7. The summed E-state index contributed by atoms with van der Waals surface area (Å²) in [5, 5.41) is 6.54. The molecule has 0 aromatic heterocycles. The Morgan fingerprint density at radius 3 is 2.14 bits per heavy atom. The highest BCUT2D eigenvalue weighted by atomic mass is 19.1. The molecular weight excluding hydrogens is 555 g/mol. The number of hydrogen-bond acceptors (Lipinski definition) is 4. The van der Waals surface area contributed by atoms with Crippen LogP contribution in [0.3, 0.4) is 0 Å². The Morgan fingerprint density at radius 1 is 0.977 bits per heavy atom. The first-order valence-electron chi connectivity index (χ1n) is 14.7. The summed E-state index contributed by atoms with van der Waals surface area (Å²) >= 11 is 0. The van der Waals surface area contributed by atoms with Gasteiger partial charge in [0, 0.05) is 48.3 Å². The van der Waals surface area contributed by atoms with Gasteiger partial charge >= 0.3 is 6.09 Å². The van der Waals surface area contributed by atoms with Gasteiger partial charge in [-0.25, -0.2) is 18.0 Å². The van der Waals surface area contributed by atoms with Crippen LogP contribution in [0.15, 0.2) is 66.7 Å². The molecule has 0 unspecified atom stereocenters. The number of amides is 2. The number of anilines is 1. The second kappa shape index (κ2) is 12.4. The van der Waals surface area contributed by atoms with Crippen molar-refractivity contribution in [3.05, 3.63) is 101 Å². The number of ether oxygens (including phenoxy) is 1. The Balaban J connectivity index is 1.28. The quantitative estimate of drug-likeness (QED) is 0.297. The van der Waals surface area contributed by atoms with Gasteiger partial charge in [0.25, 0.3) is 0 Å². The minimum atomic E-state index is -0.596. The minimum absolute atomic E-state index is 0.00916. The molecule has 1 aliphatic heterocycles. The van der Waals surface area contributed by atoms with Gasteiger partial charge in [-0.15, -0.1) is 0 Å². The summed E-state index contributed by atoms with van der Waals surface area (Å²) in [5.41, 5.74) is 1.45. The molecule has 3 aromatic rings. The first kappa shape index (κ1) is 30.6. The van der Waals surface area contributed by atoms with Crippen LogP contribution in [0.5, 0.6) is 0 Å². The molecule has 43 heavy (non-hydrogen) atoms. The summed E-state index contributed by atoms with van der Waals surface area (Å²) in [6.45, 7) is 6.56. The van der Waals surface area contributed by atoms with Crippen molar-refractivity contribution in [2.45, 2.75) is 76.0 Å². The highest BCUT2D eigenvalue weighted by Gasteiger charge is 2.49. The van der Waals surface area contributed by atoms with Crippen LogP contribution >= 0.6 is 0 Å². The molecule has 0 bridgehead atoms. The van der Waals surface area contributed by atoms with Gasteiger partial charge in [-0.3, -0.25) is 4.79 Å². The number of carbonyl (C=O) groups excluding carboxylic acids is 2. The van der Waals surface area contributed by atoms with E-state index in [1.54, 1.807) is 41.3 Å². The van der Waals surface area contributed by atoms with Crippen molar-refractivity contribution in [1.82, 2.24) is 10.2 Å². The van der Waals surface area contributed by atoms with Crippen molar-refractivity contribution in [2.75, 3.05) is 18.4 Å². The summed E-state index contributed by atoms with van der Waals surface area (Å²) in [5.74, 6) is -2.03. The first-order chi connectivity index (χ1) is 20.4. The third kappa shape index (κ3) is 7.96. The fourth-order valence-corrected chi connectivity index (χ4v) is 5.76. The number of piperazine rings is 1. The van der Waals surface area contributed by atoms with Gasteiger partial charge in [0.2, 0.25) is 5.91 Å². The topological polar surface area (TPSA) is 70.7 Å². The fraction of sp³-hybridized carbons (Fsp3) is 0.412. The largest absolute Gasteiger partial charge is 0.444 e. The Bertz CT molecular complexity index is 1400. The lowest BCUT2D eigenvalue weighted by Gasteiger charge is -2.40. The van der Waals surface area contributed by atoms with E-state index in [0.29, 0.717) is 48.3 Å². The fourth-order valence-electron chi connectivity index (χ4n) is 5.76. The molecule has 2 aliphatic rings. The van der Waals surface area contributed by atoms with Crippen molar-refractivity contribution in [3.63, 3.8) is 0 Å². The standard InChI is InChI=1S/C34H38F3N3O3/c1-33(2,3)43-32(42)40-20-26(39-34(21-40)17-18-34)15-16-27-29(37)5-4-6-30(27)38-31(41)19-28(22-7-11-24(35)12-8-22)23-9-13-25(36)14-10-23/h4-14,26,28,39H,15-21H2,1-3H3,(H,38,41)/t26-/m0/s1. The van der Waals surface area contributed by atoms with Crippen molar-refractivity contribution in [2.24, 2.45) is 0 Å². The number of nitrogens with one attached hydrogen (secondary N) is 2. The van der Waals surface area contributed by atoms with E-state index in [2.05, 4.69) is 10.6 Å². The summed E-state index contributed by atoms with van der Waals surface area (Å²) < 4.78 is 48.0. The molecule has 228 valence electrons. The van der Waals surface area contributed by atoms with Crippen LogP contribution in [0, 0.1) is 17.5 Å². The average molecular weight is 594 g/mol. The van der Waals surface area contributed by atoms with Crippen LogP contribution in [-0.4, -0.2) is 47.2 Å². The van der Waals surface area contributed by atoms with Gasteiger partial charge in [-0.05, 0) is 94.0 Å². The Morgan fingerprint density at radius 2 is 1.58 bits per heavy atom. The van der Waals surface area contributed by atoms with E-state index in [4.69, 9.17) is 4.74 Å². The zero-order valence-corrected chi connectivity index (χ0v) is 24.8. The lowest BCUT2D eigenvalue weighted by atomic mass is 9.88. The molecule has 1 aliphatic carbocycles. The van der Waals surface area contributed by atoms with Gasteiger partial charge in [0.15, 0.2) is 0 Å². The van der Waals surface area contributed by atoms with E-state index in [1.165, 1.54) is 30.3 Å². The minimum Gasteiger partial charge on any atom is -0.444 e. The SMILES string of the molecule is CC(C)(C)OC(=O)N1C[C@H](CCc2c(F)cccc2NC(=O)CC(c2ccc(F)cc2)c2ccc(F)cc2)NC2(CC2)C1. The molecule has 1 heterocycles. The summed E-state index contributed by atoms with van der Waals surface area (Å²) in [7, 11) is 0. The van der Waals surface area contributed by atoms with Crippen molar-refractivity contribution in [1.29, 1.82) is 0 Å². The Labute approximate surface area is 250 Å². The third-order valence-electron chi connectivity index (χ3n) is 8.02. The molecule has 5 rings (SSSR count). The van der Waals surface area contributed by atoms with E-state index >= 15 is 4.39 Å². The van der Waals surface area contributed by atoms with Gasteiger partial charge in [-0.2, -0.15) is 0 Å². The number of halogens is 3. The molecule has 2 N–H and O–H groups in total. The van der Waals surface area contributed by atoms with Gasteiger partial charge in [0.05, 0.1) is 0 Å². The lowest BCUT2D eigenvalue weighted by molar-refractivity contribution is -0.116. The maximum Gasteiger partial charge on any atom is 0.410 e. The van der Waals surface area contributed by atoms with Gasteiger partial charge in [-0.1, -0.05) is 30.3 Å². The smallest absolute Gasteiger partial charge is 0.410 e. The van der Waals surface area contributed by atoms with E-state index in [1.807, 2.05) is 20.8 Å². The first-order valence-corrected chi connectivity index (χ1v) is 14.7. The van der Waals surface area contributed by atoms with E-state index in [0.717, 1.165) is 12.8 Å². The van der Waals surface area contributed by atoms with Crippen LogP contribution in [0.25, 0.3) is 0 Å². The zero-order valence-electron chi connectivity index (χ0n) is 24.8. The third-order valence-corrected chi connectivity index (χ3v) is 8.02. The van der Waals surface area contributed by atoms with Crippen molar-refractivity contribution in [3.8, 4) is 0 Å². The molecular formula is C34H38F3N3O3. The van der Waals surface area contributed by atoms with Crippen molar-refractivity contribution >= 4 is 17.7 Å². The molecule has 0 radical (unpaired) electrons. The molecule has 3 aromatic carbocycles. The monoisotopic (exact) mass is 593 g/mol. The van der Waals surface area contributed by atoms with E-state index in [9.17, 15) is 18.4 Å². The molecule has 6 nitrogen and oxygen atoms in total. The lowest BCUT2D eigenvalue weighted by Crippen LogP contribution is -2.60. The van der Waals surface area contributed by atoms with Crippen LogP contribution in [0.2, 0.25) is 0 Å². The number of hydrogen-bond donors (Lipinski definition) is 2. The van der Waals surface area contributed by atoms with Crippen LogP contribution in [-0.2, 0) is 16.0 Å². The number of nitrogens with zero attached hydrogens (tertiary/aromatic N) is 1. The van der Waals surface area contributed by atoms with Crippen LogP contribution < -0.4 is 10.6 Å². The normalized spacial score (nSPS) is 17.7. The number of carbonyl (C=O) groups is 2. The highest BCUT2D eigenvalue weighted by molar-refractivity contribution is 5.92. The predicted molar refractivity (Wildman–Crippen MR) is 159 cm³/mol.